The summed E-state index contributed by atoms with van der Waals surface area (Å²) in [7, 11) is 0. The van der Waals surface area contributed by atoms with Gasteiger partial charge in [-0.2, -0.15) is 4.98 Å². The molecule has 0 aliphatic carbocycles. The maximum Gasteiger partial charge on any atom is 0.199 e. The Balaban J connectivity index is 2.59. The molecule has 0 spiro atoms. The van der Waals surface area contributed by atoms with E-state index in [1.165, 1.54) is 0 Å². The molecule has 2 heterocycles. The third kappa shape index (κ3) is 1.41. The summed E-state index contributed by atoms with van der Waals surface area (Å²) in [6.45, 7) is 7.74. The molecular formula is C11H12N2O. The lowest BCUT2D eigenvalue weighted by Gasteiger charge is -1.93. The molecule has 0 N–H and O–H groups in total. The van der Waals surface area contributed by atoms with Crippen LogP contribution >= 0.6 is 0 Å². The zero-order chi connectivity index (χ0) is 10.1. The van der Waals surface area contributed by atoms with Gasteiger partial charge >= 0.3 is 0 Å². The Morgan fingerprint density at radius 2 is 2.14 bits per heavy atom. The van der Waals surface area contributed by atoms with Gasteiger partial charge < -0.3 is 4.42 Å². The molecule has 0 atom stereocenters. The summed E-state index contributed by atoms with van der Waals surface area (Å²) in [5.41, 5.74) is 2.21. The van der Waals surface area contributed by atoms with Crippen LogP contribution in [0.3, 0.4) is 0 Å². The standard InChI is InChI=1S/C11H12N2O/c1-4-8-5-6-9-10(12-8)13-11(14-9)7(2)3/h4-7H,1H2,2-3H3. The van der Waals surface area contributed by atoms with Crippen LogP contribution in [0.4, 0.5) is 0 Å². The minimum absolute atomic E-state index is 0.288. The lowest BCUT2D eigenvalue weighted by Crippen LogP contribution is -1.86. The highest BCUT2D eigenvalue weighted by molar-refractivity contribution is 5.69. The normalized spacial score (nSPS) is 11.1. The third-order valence-electron chi connectivity index (χ3n) is 1.99. The van der Waals surface area contributed by atoms with Crippen LogP contribution in [0.2, 0.25) is 0 Å². The van der Waals surface area contributed by atoms with Gasteiger partial charge in [-0.1, -0.05) is 20.4 Å². The van der Waals surface area contributed by atoms with Gasteiger partial charge in [0.05, 0.1) is 5.69 Å². The van der Waals surface area contributed by atoms with E-state index in [0.29, 0.717) is 5.65 Å². The molecular weight excluding hydrogens is 176 g/mol. The smallest absolute Gasteiger partial charge is 0.199 e. The van der Waals surface area contributed by atoms with Gasteiger partial charge in [-0.05, 0) is 18.2 Å². The lowest BCUT2D eigenvalue weighted by molar-refractivity contribution is 0.501. The van der Waals surface area contributed by atoms with E-state index in [4.69, 9.17) is 4.42 Å². The SMILES string of the molecule is C=Cc1ccc2oc(C(C)C)nc2n1. The fraction of sp³-hybridized carbons (Fsp3) is 0.273. The Bertz CT molecular complexity index is 471. The predicted molar refractivity (Wildman–Crippen MR) is 56.0 cm³/mol. The first kappa shape index (κ1) is 8.94. The van der Waals surface area contributed by atoms with Crippen molar-refractivity contribution in [2.75, 3.05) is 0 Å². The molecule has 0 aliphatic heterocycles. The molecule has 2 aromatic heterocycles. The number of nitrogens with zero attached hydrogens (tertiary/aromatic N) is 2. The molecule has 0 aliphatic rings. The highest BCUT2D eigenvalue weighted by Gasteiger charge is 2.09. The Morgan fingerprint density at radius 3 is 2.79 bits per heavy atom. The van der Waals surface area contributed by atoms with Crippen LogP contribution in [-0.4, -0.2) is 9.97 Å². The van der Waals surface area contributed by atoms with Gasteiger partial charge in [0.15, 0.2) is 17.1 Å². The molecule has 0 bridgehead atoms. The number of oxazole rings is 1. The Hall–Kier alpha value is -1.64. The highest BCUT2D eigenvalue weighted by atomic mass is 16.3. The van der Waals surface area contributed by atoms with Gasteiger partial charge in [0.1, 0.15) is 0 Å². The second-order valence-corrected chi connectivity index (χ2v) is 3.47. The fourth-order valence-electron chi connectivity index (χ4n) is 1.21. The van der Waals surface area contributed by atoms with E-state index in [9.17, 15) is 0 Å². The first-order valence-corrected chi connectivity index (χ1v) is 4.60. The maximum absolute atomic E-state index is 5.52. The van der Waals surface area contributed by atoms with Crippen LogP contribution in [0.5, 0.6) is 0 Å². The molecule has 72 valence electrons. The van der Waals surface area contributed by atoms with Crippen LogP contribution in [0, 0.1) is 0 Å². The Kier molecular flexibility index (Phi) is 2.08. The van der Waals surface area contributed by atoms with Crippen molar-refractivity contribution >= 4 is 17.3 Å². The van der Waals surface area contributed by atoms with Crippen molar-refractivity contribution in [3.63, 3.8) is 0 Å². The summed E-state index contributed by atoms with van der Waals surface area (Å²) in [4.78, 5) is 8.57. The molecule has 2 rings (SSSR count). The van der Waals surface area contributed by atoms with Gasteiger partial charge in [-0.25, -0.2) is 4.98 Å². The van der Waals surface area contributed by atoms with E-state index in [1.54, 1.807) is 6.08 Å². The predicted octanol–water partition coefficient (Wildman–Crippen LogP) is 2.99. The van der Waals surface area contributed by atoms with Gasteiger partial charge in [0.25, 0.3) is 0 Å². The van der Waals surface area contributed by atoms with Gasteiger partial charge in [0.2, 0.25) is 0 Å². The molecule has 0 saturated heterocycles. The molecule has 0 saturated carbocycles. The molecule has 14 heavy (non-hydrogen) atoms. The monoisotopic (exact) mass is 188 g/mol. The molecule has 3 heteroatoms. The third-order valence-corrected chi connectivity index (χ3v) is 1.99. The van der Waals surface area contributed by atoms with E-state index in [-0.39, 0.29) is 5.92 Å². The van der Waals surface area contributed by atoms with Crippen LogP contribution in [-0.2, 0) is 0 Å². The second-order valence-electron chi connectivity index (χ2n) is 3.47. The van der Waals surface area contributed by atoms with Crippen molar-refractivity contribution < 1.29 is 4.42 Å². The average molecular weight is 188 g/mol. The van der Waals surface area contributed by atoms with Crippen LogP contribution in [0.15, 0.2) is 23.1 Å². The van der Waals surface area contributed by atoms with Crippen molar-refractivity contribution in [1.29, 1.82) is 0 Å². The molecule has 3 nitrogen and oxygen atoms in total. The summed E-state index contributed by atoms with van der Waals surface area (Å²) >= 11 is 0. The van der Waals surface area contributed by atoms with Crippen molar-refractivity contribution in [3.8, 4) is 0 Å². The fourth-order valence-corrected chi connectivity index (χ4v) is 1.21. The van der Waals surface area contributed by atoms with Crippen molar-refractivity contribution in [2.45, 2.75) is 19.8 Å². The number of hydrogen-bond donors (Lipinski definition) is 0. The first-order valence-electron chi connectivity index (χ1n) is 4.60. The van der Waals surface area contributed by atoms with Gasteiger partial charge in [-0.3, -0.25) is 0 Å². The topological polar surface area (TPSA) is 38.9 Å². The Labute approximate surface area is 82.5 Å². The van der Waals surface area contributed by atoms with E-state index in [1.807, 2.05) is 26.0 Å². The molecule has 0 fully saturated rings. The second kappa shape index (κ2) is 3.25. The van der Waals surface area contributed by atoms with Crippen LogP contribution in [0.25, 0.3) is 17.3 Å². The van der Waals surface area contributed by atoms with E-state index >= 15 is 0 Å². The lowest BCUT2D eigenvalue weighted by atomic mass is 10.2. The van der Waals surface area contributed by atoms with E-state index in [0.717, 1.165) is 17.2 Å². The molecule has 0 radical (unpaired) electrons. The average Bonchev–Trinajstić information content (AvgIpc) is 2.59. The summed E-state index contributed by atoms with van der Waals surface area (Å²) < 4.78 is 5.52. The molecule has 0 aromatic carbocycles. The largest absolute Gasteiger partial charge is 0.439 e. The summed E-state index contributed by atoms with van der Waals surface area (Å²) in [6.07, 6.45) is 1.70. The quantitative estimate of drug-likeness (QED) is 0.727. The summed E-state index contributed by atoms with van der Waals surface area (Å²) in [5, 5.41) is 0. The van der Waals surface area contributed by atoms with Gasteiger partial charge in [-0.15, -0.1) is 0 Å². The minimum atomic E-state index is 0.288. The van der Waals surface area contributed by atoms with E-state index in [2.05, 4.69) is 16.5 Å². The number of hydrogen-bond acceptors (Lipinski definition) is 3. The molecule has 2 aromatic rings. The Morgan fingerprint density at radius 1 is 1.36 bits per heavy atom. The van der Waals surface area contributed by atoms with Crippen LogP contribution in [0.1, 0.15) is 31.4 Å². The zero-order valence-corrected chi connectivity index (χ0v) is 8.32. The van der Waals surface area contributed by atoms with Crippen molar-refractivity contribution in [2.24, 2.45) is 0 Å². The summed E-state index contributed by atoms with van der Waals surface area (Å²) in [6, 6.07) is 3.74. The number of pyridine rings is 1. The summed E-state index contributed by atoms with van der Waals surface area (Å²) in [5.74, 6) is 1.02. The van der Waals surface area contributed by atoms with E-state index < -0.39 is 0 Å². The zero-order valence-electron chi connectivity index (χ0n) is 8.32. The molecule has 0 unspecified atom stereocenters. The van der Waals surface area contributed by atoms with Crippen molar-refractivity contribution in [1.82, 2.24) is 9.97 Å². The first-order chi connectivity index (χ1) is 6.70. The number of aromatic nitrogens is 2. The van der Waals surface area contributed by atoms with Crippen molar-refractivity contribution in [3.05, 3.63) is 30.3 Å². The minimum Gasteiger partial charge on any atom is -0.439 e. The van der Waals surface area contributed by atoms with Gasteiger partial charge in [0, 0.05) is 5.92 Å². The van der Waals surface area contributed by atoms with Crippen LogP contribution < -0.4 is 0 Å². The highest BCUT2D eigenvalue weighted by Crippen LogP contribution is 2.19. The maximum atomic E-state index is 5.52. The molecule has 0 amide bonds. The number of fused-ring (bicyclic) bond motifs is 1. The number of rotatable bonds is 2.